The Morgan fingerprint density at radius 3 is 2.76 bits per heavy atom. The van der Waals surface area contributed by atoms with E-state index in [0.717, 1.165) is 25.1 Å². The Morgan fingerprint density at radius 1 is 1.41 bits per heavy atom. The Bertz CT molecular complexity index is 374. The normalized spacial score (nSPS) is 15.0. The number of hydrogen-bond acceptors (Lipinski definition) is 2. The van der Waals surface area contributed by atoms with E-state index in [1.807, 2.05) is 6.07 Å². The summed E-state index contributed by atoms with van der Waals surface area (Å²) < 4.78 is 13.7. The quantitative estimate of drug-likeness (QED) is 0.822. The van der Waals surface area contributed by atoms with Crippen molar-refractivity contribution in [2.75, 3.05) is 11.4 Å². The van der Waals surface area contributed by atoms with E-state index in [2.05, 4.69) is 11.8 Å². The SMILES string of the molecule is CCCCN(c1cccc(F)c1CN)C1CC1. The molecule has 17 heavy (non-hydrogen) atoms. The van der Waals surface area contributed by atoms with Gasteiger partial charge >= 0.3 is 0 Å². The molecule has 1 saturated carbocycles. The molecule has 0 aromatic heterocycles. The van der Waals surface area contributed by atoms with E-state index < -0.39 is 0 Å². The molecule has 1 aliphatic rings. The van der Waals surface area contributed by atoms with Crippen LogP contribution in [-0.4, -0.2) is 12.6 Å². The highest BCUT2D eigenvalue weighted by Crippen LogP contribution is 2.34. The third-order valence-corrected chi connectivity index (χ3v) is 3.35. The molecule has 1 fully saturated rings. The van der Waals surface area contributed by atoms with Gasteiger partial charge in [0.25, 0.3) is 0 Å². The summed E-state index contributed by atoms with van der Waals surface area (Å²) in [6.45, 7) is 3.47. The maximum atomic E-state index is 13.7. The molecule has 1 aromatic carbocycles. The van der Waals surface area contributed by atoms with Gasteiger partial charge in [-0.1, -0.05) is 19.4 Å². The molecular weight excluding hydrogens is 215 g/mol. The molecule has 0 amide bonds. The van der Waals surface area contributed by atoms with Gasteiger partial charge in [0.05, 0.1) is 0 Å². The first-order valence-corrected chi connectivity index (χ1v) is 6.52. The molecule has 0 spiro atoms. The van der Waals surface area contributed by atoms with Gasteiger partial charge in [0.15, 0.2) is 0 Å². The summed E-state index contributed by atoms with van der Waals surface area (Å²) in [5.74, 6) is -0.174. The smallest absolute Gasteiger partial charge is 0.129 e. The highest BCUT2D eigenvalue weighted by molar-refractivity contribution is 5.55. The van der Waals surface area contributed by atoms with Crippen LogP contribution in [-0.2, 0) is 6.54 Å². The van der Waals surface area contributed by atoms with E-state index in [0.29, 0.717) is 11.6 Å². The fraction of sp³-hybridized carbons (Fsp3) is 0.571. The van der Waals surface area contributed by atoms with Crippen molar-refractivity contribution in [2.45, 2.75) is 45.2 Å². The van der Waals surface area contributed by atoms with Crippen LogP contribution in [0.4, 0.5) is 10.1 Å². The van der Waals surface area contributed by atoms with E-state index in [-0.39, 0.29) is 12.4 Å². The number of halogens is 1. The van der Waals surface area contributed by atoms with Crippen molar-refractivity contribution in [1.29, 1.82) is 0 Å². The lowest BCUT2D eigenvalue weighted by molar-refractivity contribution is 0.607. The van der Waals surface area contributed by atoms with Crippen molar-refractivity contribution >= 4 is 5.69 Å². The van der Waals surface area contributed by atoms with E-state index in [4.69, 9.17) is 5.73 Å². The molecule has 0 bridgehead atoms. The summed E-state index contributed by atoms with van der Waals surface area (Å²) in [6.07, 6.45) is 4.77. The van der Waals surface area contributed by atoms with Gasteiger partial charge in [0.2, 0.25) is 0 Å². The Labute approximate surface area is 103 Å². The molecule has 2 N–H and O–H groups in total. The van der Waals surface area contributed by atoms with Crippen LogP contribution in [0.15, 0.2) is 18.2 Å². The highest BCUT2D eigenvalue weighted by Gasteiger charge is 2.30. The summed E-state index contributed by atoms with van der Waals surface area (Å²) in [6, 6.07) is 5.88. The maximum Gasteiger partial charge on any atom is 0.129 e. The lowest BCUT2D eigenvalue weighted by atomic mass is 10.1. The lowest BCUT2D eigenvalue weighted by Gasteiger charge is -2.27. The van der Waals surface area contributed by atoms with E-state index >= 15 is 0 Å². The van der Waals surface area contributed by atoms with E-state index in [1.165, 1.54) is 18.9 Å². The molecule has 2 nitrogen and oxygen atoms in total. The number of unbranched alkanes of at least 4 members (excludes halogenated alkanes) is 1. The maximum absolute atomic E-state index is 13.7. The highest BCUT2D eigenvalue weighted by atomic mass is 19.1. The number of nitrogens with zero attached hydrogens (tertiary/aromatic N) is 1. The van der Waals surface area contributed by atoms with Gasteiger partial charge in [-0.05, 0) is 31.4 Å². The van der Waals surface area contributed by atoms with Gasteiger partial charge in [-0.2, -0.15) is 0 Å². The molecule has 3 heteroatoms. The van der Waals surface area contributed by atoms with Gasteiger partial charge in [-0.3, -0.25) is 0 Å². The summed E-state index contributed by atoms with van der Waals surface area (Å²) in [5, 5.41) is 0. The van der Waals surface area contributed by atoms with Crippen molar-refractivity contribution < 1.29 is 4.39 Å². The Morgan fingerprint density at radius 2 is 2.18 bits per heavy atom. The van der Waals surface area contributed by atoms with Gasteiger partial charge in [0, 0.05) is 30.4 Å². The molecule has 0 unspecified atom stereocenters. The summed E-state index contributed by atoms with van der Waals surface area (Å²) in [4.78, 5) is 2.34. The average molecular weight is 236 g/mol. The van der Waals surface area contributed by atoms with Crippen molar-refractivity contribution in [3.05, 3.63) is 29.6 Å². The molecule has 1 aliphatic carbocycles. The minimum atomic E-state index is -0.174. The van der Waals surface area contributed by atoms with Crippen LogP contribution in [0.25, 0.3) is 0 Å². The average Bonchev–Trinajstić information content (AvgIpc) is 3.14. The number of benzene rings is 1. The summed E-state index contributed by atoms with van der Waals surface area (Å²) in [5.41, 5.74) is 7.34. The monoisotopic (exact) mass is 236 g/mol. The Hall–Kier alpha value is -1.09. The Balaban J connectivity index is 2.25. The van der Waals surface area contributed by atoms with Gasteiger partial charge in [0.1, 0.15) is 5.82 Å². The minimum Gasteiger partial charge on any atom is -0.368 e. The number of hydrogen-bond donors (Lipinski definition) is 1. The first kappa shape index (κ1) is 12.4. The first-order chi connectivity index (χ1) is 8.27. The van der Waals surface area contributed by atoms with Crippen LogP contribution in [0.5, 0.6) is 0 Å². The predicted molar refractivity (Wildman–Crippen MR) is 69.6 cm³/mol. The molecule has 0 saturated heterocycles. The third-order valence-electron chi connectivity index (χ3n) is 3.35. The second kappa shape index (κ2) is 5.50. The van der Waals surface area contributed by atoms with Crippen LogP contribution < -0.4 is 10.6 Å². The largest absolute Gasteiger partial charge is 0.368 e. The number of anilines is 1. The molecular formula is C14H21FN2. The lowest BCUT2D eigenvalue weighted by Crippen LogP contribution is -2.28. The van der Waals surface area contributed by atoms with Crippen LogP contribution >= 0.6 is 0 Å². The van der Waals surface area contributed by atoms with Crippen LogP contribution in [0, 0.1) is 5.82 Å². The Kier molecular flexibility index (Phi) is 4.00. The summed E-state index contributed by atoms with van der Waals surface area (Å²) in [7, 11) is 0. The number of nitrogens with two attached hydrogens (primary N) is 1. The van der Waals surface area contributed by atoms with E-state index in [9.17, 15) is 4.39 Å². The zero-order valence-corrected chi connectivity index (χ0v) is 10.5. The molecule has 2 rings (SSSR count). The fourth-order valence-corrected chi connectivity index (χ4v) is 2.23. The van der Waals surface area contributed by atoms with Crippen molar-refractivity contribution in [3.63, 3.8) is 0 Å². The van der Waals surface area contributed by atoms with Crippen LogP contribution in [0.3, 0.4) is 0 Å². The van der Waals surface area contributed by atoms with Gasteiger partial charge in [-0.25, -0.2) is 4.39 Å². The molecule has 0 radical (unpaired) electrons. The predicted octanol–water partition coefficient (Wildman–Crippen LogP) is 3.05. The molecule has 0 atom stereocenters. The second-order valence-corrected chi connectivity index (χ2v) is 4.72. The summed E-state index contributed by atoms with van der Waals surface area (Å²) >= 11 is 0. The van der Waals surface area contributed by atoms with Crippen LogP contribution in [0.1, 0.15) is 38.2 Å². The van der Waals surface area contributed by atoms with Crippen LogP contribution in [0.2, 0.25) is 0 Å². The molecule has 94 valence electrons. The van der Waals surface area contributed by atoms with Crippen molar-refractivity contribution in [3.8, 4) is 0 Å². The van der Waals surface area contributed by atoms with Gasteiger partial charge in [-0.15, -0.1) is 0 Å². The van der Waals surface area contributed by atoms with Crippen molar-refractivity contribution in [1.82, 2.24) is 0 Å². The van der Waals surface area contributed by atoms with Crippen molar-refractivity contribution in [2.24, 2.45) is 5.73 Å². The fourth-order valence-electron chi connectivity index (χ4n) is 2.23. The molecule has 0 aliphatic heterocycles. The minimum absolute atomic E-state index is 0.174. The number of rotatable bonds is 6. The topological polar surface area (TPSA) is 29.3 Å². The molecule has 0 heterocycles. The zero-order chi connectivity index (χ0) is 12.3. The van der Waals surface area contributed by atoms with E-state index in [1.54, 1.807) is 6.07 Å². The standard InChI is InChI=1S/C14H21FN2/c1-2-3-9-17(11-7-8-11)14-6-4-5-13(15)12(14)10-16/h4-6,11H,2-3,7-10,16H2,1H3. The molecule has 1 aromatic rings. The zero-order valence-electron chi connectivity index (χ0n) is 10.5. The van der Waals surface area contributed by atoms with Gasteiger partial charge < -0.3 is 10.6 Å². The second-order valence-electron chi connectivity index (χ2n) is 4.72. The third kappa shape index (κ3) is 2.78. The first-order valence-electron chi connectivity index (χ1n) is 6.52.